The maximum atomic E-state index is 12.7. The van der Waals surface area contributed by atoms with Crippen LogP contribution in [0.4, 0.5) is 10.5 Å². The number of carboxylic acid groups (broad SMARTS) is 1. The standard InChI is InChI=1S/C17H24BrNO4/c1-16(2,3)13(14(20)21)19(15(22)23-17(4,5)6)12-9-7-8-11(18)10-12/h7-10,13H,1-6H3,(H,20,21). The van der Waals surface area contributed by atoms with Gasteiger partial charge in [0.15, 0.2) is 0 Å². The van der Waals surface area contributed by atoms with Gasteiger partial charge in [0.25, 0.3) is 0 Å². The maximum absolute atomic E-state index is 12.7. The minimum Gasteiger partial charge on any atom is -0.480 e. The summed E-state index contributed by atoms with van der Waals surface area (Å²) in [6.45, 7) is 10.6. The lowest BCUT2D eigenvalue weighted by atomic mass is 9.85. The topological polar surface area (TPSA) is 66.8 Å². The summed E-state index contributed by atoms with van der Waals surface area (Å²) in [4.78, 5) is 25.7. The Morgan fingerprint density at radius 1 is 1.17 bits per heavy atom. The monoisotopic (exact) mass is 385 g/mol. The Labute approximate surface area is 145 Å². The molecule has 23 heavy (non-hydrogen) atoms. The molecular formula is C17H24BrNO4. The van der Waals surface area contributed by atoms with E-state index >= 15 is 0 Å². The molecule has 0 saturated heterocycles. The van der Waals surface area contributed by atoms with Crippen molar-refractivity contribution in [1.82, 2.24) is 0 Å². The second kappa shape index (κ2) is 6.91. The van der Waals surface area contributed by atoms with Gasteiger partial charge in [-0.05, 0) is 44.4 Å². The van der Waals surface area contributed by atoms with Gasteiger partial charge in [0.05, 0.1) is 0 Å². The van der Waals surface area contributed by atoms with Crippen molar-refractivity contribution in [2.75, 3.05) is 4.90 Å². The van der Waals surface area contributed by atoms with Crippen LogP contribution >= 0.6 is 15.9 Å². The number of carbonyl (C=O) groups excluding carboxylic acids is 1. The molecule has 0 fully saturated rings. The molecule has 0 spiro atoms. The first-order valence-electron chi connectivity index (χ1n) is 7.33. The lowest BCUT2D eigenvalue weighted by molar-refractivity contribution is -0.141. The van der Waals surface area contributed by atoms with Crippen LogP contribution in [0, 0.1) is 5.41 Å². The summed E-state index contributed by atoms with van der Waals surface area (Å²) >= 11 is 3.35. The van der Waals surface area contributed by atoms with E-state index in [1.54, 1.807) is 59.7 Å². The molecule has 1 unspecified atom stereocenters. The Hall–Kier alpha value is -1.56. The van der Waals surface area contributed by atoms with Gasteiger partial charge in [0.2, 0.25) is 0 Å². The summed E-state index contributed by atoms with van der Waals surface area (Å²) in [6.07, 6.45) is -0.682. The van der Waals surface area contributed by atoms with Gasteiger partial charge in [-0.2, -0.15) is 0 Å². The number of benzene rings is 1. The molecule has 1 atom stereocenters. The smallest absolute Gasteiger partial charge is 0.415 e. The third kappa shape index (κ3) is 5.53. The van der Waals surface area contributed by atoms with Crippen LogP contribution < -0.4 is 4.90 Å². The largest absolute Gasteiger partial charge is 0.480 e. The maximum Gasteiger partial charge on any atom is 0.415 e. The highest BCUT2D eigenvalue weighted by Crippen LogP contribution is 2.32. The molecule has 1 N–H and O–H groups in total. The Bertz CT molecular complexity index is 587. The van der Waals surface area contributed by atoms with Crippen LogP contribution in [0.25, 0.3) is 0 Å². The van der Waals surface area contributed by atoms with Crippen LogP contribution in [0.3, 0.4) is 0 Å². The zero-order valence-corrected chi connectivity index (χ0v) is 16.0. The number of carbonyl (C=O) groups is 2. The Kier molecular flexibility index (Phi) is 5.85. The van der Waals surface area contributed by atoms with E-state index in [9.17, 15) is 14.7 Å². The zero-order chi connectivity index (χ0) is 18.0. The number of amides is 1. The number of ether oxygens (including phenoxy) is 1. The summed E-state index contributed by atoms with van der Waals surface area (Å²) in [5.74, 6) is -1.08. The van der Waals surface area contributed by atoms with E-state index in [0.29, 0.717) is 5.69 Å². The summed E-state index contributed by atoms with van der Waals surface area (Å²) in [7, 11) is 0. The van der Waals surface area contributed by atoms with Crippen LogP contribution in [-0.2, 0) is 9.53 Å². The van der Waals surface area contributed by atoms with E-state index < -0.39 is 29.1 Å². The molecule has 0 aromatic heterocycles. The predicted molar refractivity (Wildman–Crippen MR) is 93.7 cm³/mol. The Balaban J connectivity index is 3.41. The van der Waals surface area contributed by atoms with E-state index in [2.05, 4.69) is 15.9 Å². The molecule has 0 heterocycles. The first-order chi connectivity index (χ1) is 10.3. The molecule has 1 amide bonds. The third-order valence-corrected chi connectivity index (χ3v) is 3.48. The molecule has 128 valence electrons. The summed E-state index contributed by atoms with van der Waals surface area (Å²) in [6, 6.07) is 5.89. The number of anilines is 1. The van der Waals surface area contributed by atoms with E-state index in [0.717, 1.165) is 4.47 Å². The first-order valence-corrected chi connectivity index (χ1v) is 8.13. The van der Waals surface area contributed by atoms with Crippen LogP contribution in [0.5, 0.6) is 0 Å². The molecular weight excluding hydrogens is 362 g/mol. The first kappa shape index (κ1) is 19.5. The van der Waals surface area contributed by atoms with Crippen molar-refractivity contribution >= 4 is 33.7 Å². The van der Waals surface area contributed by atoms with Crippen LogP contribution in [0.1, 0.15) is 41.5 Å². The molecule has 1 aromatic carbocycles. The number of rotatable bonds is 3. The Morgan fingerprint density at radius 3 is 2.13 bits per heavy atom. The number of carboxylic acids is 1. The van der Waals surface area contributed by atoms with Crippen molar-refractivity contribution < 1.29 is 19.4 Å². The molecule has 0 radical (unpaired) electrons. The molecule has 0 bridgehead atoms. The zero-order valence-electron chi connectivity index (χ0n) is 14.4. The molecule has 1 aromatic rings. The van der Waals surface area contributed by atoms with Crippen LogP contribution in [0.2, 0.25) is 0 Å². The van der Waals surface area contributed by atoms with Gasteiger partial charge in [-0.3, -0.25) is 4.90 Å². The van der Waals surface area contributed by atoms with Crippen LogP contribution in [-0.4, -0.2) is 28.8 Å². The number of aliphatic carboxylic acids is 1. The molecule has 0 aliphatic heterocycles. The van der Waals surface area contributed by atoms with Crippen molar-refractivity contribution in [1.29, 1.82) is 0 Å². The van der Waals surface area contributed by atoms with Crippen molar-refractivity contribution in [2.45, 2.75) is 53.2 Å². The number of hydrogen-bond acceptors (Lipinski definition) is 3. The summed E-state index contributed by atoms with van der Waals surface area (Å²) < 4.78 is 6.18. The quantitative estimate of drug-likeness (QED) is 0.819. The SMILES string of the molecule is CC(C)(C)OC(=O)N(c1cccc(Br)c1)C(C(=O)O)C(C)(C)C. The van der Waals surface area contributed by atoms with E-state index in [-0.39, 0.29) is 0 Å². The lowest BCUT2D eigenvalue weighted by Crippen LogP contribution is -2.53. The third-order valence-electron chi connectivity index (χ3n) is 2.99. The van der Waals surface area contributed by atoms with Gasteiger partial charge < -0.3 is 9.84 Å². The number of hydrogen-bond donors (Lipinski definition) is 1. The van der Waals surface area contributed by atoms with Crippen molar-refractivity contribution in [3.63, 3.8) is 0 Å². The lowest BCUT2D eigenvalue weighted by Gasteiger charge is -2.38. The van der Waals surface area contributed by atoms with Gasteiger partial charge in [0.1, 0.15) is 11.6 Å². The van der Waals surface area contributed by atoms with E-state index in [1.807, 2.05) is 6.07 Å². The van der Waals surface area contributed by atoms with Gasteiger partial charge >= 0.3 is 12.1 Å². The van der Waals surface area contributed by atoms with Gasteiger partial charge in [-0.25, -0.2) is 9.59 Å². The van der Waals surface area contributed by atoms with E-state index in [4.69, 9.17) is 4.74 Å². The fourth-order valence-electron chi connectivity index (χ4n) is 2.17. The van der Waals surface area contributed by atoms with Gasteiger partial charge in [-0.1, -0.05) is 42.8 Å². The van der Waals surface area contributed by atoms with Crippen LogP contribution in [0.15, 0.2) is 28.7 Å². The highest BCUT2D eigenvalue weighted by Gasteiger charge is 2.41. The minimum atomic E-state index is -1.08. The predicted octanol–water partition coefficient (Wildman–Crippen LogP) is 4.69. The van der Waals surface area contributed by atoms with Crippen molar-refractivity contribution in [3.8, 4) is 0 Å². The Morgan fingerprint density at radius 2 is 1.74 bits per heavy atom. The fraction of sp³-hybridized carbons (Fsp3) is 0.529. The summed E-state index contributed by atoms with van der Waals surface area (Å²) in [5.41, 5.74) is -0.927. The average molecular weight is 386 g/mol. The molecule has 6 heteroatoms. The number of nitrogens with zero attached hydrogens (tertiary/aromatic N) is 1. The fourth-order valence-corrected chi connectivity index (χ4v) is 2.55. The molecule has 0 saturated carbocycles. The normalized spacial score (nSPS) is 13.3. The van der Waals surface area contributed by atoms with E-state index in [1.165, 1.54) is 4.90 Å². The summed E-state index contributed by atoms with van der Waals surface area (Å²) in [5, 5.41) is 9.70. The average Bonchev–Trinajstić information content (AvgIpc) is 2.31. The van der Waals surface area contributed by atoms with Crippen molar-refractivity contribution in [2.24, 2.45) is 5.41 Å². The van der Waals surface area contributed by atoms with Crippen molar-refractivity contribution in [3.05, 3.63) is 28.7 Å². The van der Waals surface area contributed by atoms with Gasteiger partial charge in [-0.15, -0.1) is 0 Å². The number of halogens is 1. The van der Waals surface area contributed by atoms with Gasteiger partial charge in [0, 0.05) is 10.2 Å². The molecule has 5 nitrogen and oxygen atoms in total. The second-order valence-corrected chi connectivity index (χ2v) is 8.35. The highest BCUT2D eigenvalue weighted by atomic mass is 79.9. The highest BCUT2D eigenvalue weighted by molar-refractivity contribution is 9.10. The molecule has 1 rings (SSSR count). The minimum absolute atomic E-state index is 0.468. The molecule has 0 aliphatic rings. The molecule has 0 aliphatic carbocycles. The second-order valence-electron chi connectivity index (χ2n) is 7.44.